The van der Waals surface area contributed by atoms with E-state index in [4.69, 9.17) is 10.5 Å². The van der Waals surface area contributed by atoms with E-state index >= 15 is 0 Å². The van der Waals surface area contributed by atoms with Gasteiger partial charge in [0.15, 0.2) is 29.0 Å². The third kappa shape index (κ3) is 2.70. The minimum absolute atomic E-state index is 0.104. The van der Waals surface area contributed by atoms with Gasteiger partial charge in [-0.3, -0.25) is 4.57 Å². The number of hydrogen-bond donors (Lipinski definition) is 4. The lowest BCUT2D eigenvalue weighted by Gasteiger charge is -2.17. The van der Waals surface area contributed by atoms with Gasteiger partial charge >= 0.3 is 0 Å². The minimum Gasteiger partial charge on any atom is -0.394 e. The van der Waals surface area contributed by atoms with Gasteiger partial charge in [0.25, 0.3) is 0 Å². The van der Waals surface area contributed by atoms with E-state index in [1.807, 2.05) is 13.8 Å². The van der Waals surface area contributed by atoms with Crippen molar-refractivity contribution in [3.8, 4) is 11.8 Å². The molecular weight excluding hydrogens is 314 g/mol. The summed E-state index contributed by atoms with van der Waals surface area (Å²) in [4.78, 5) is 12.4. The van der Waals surface area contributed by atoms with Gasteiger partial charge < -0.3 is 25.8 Å². The van der Waals surface area contributed by atoms with E-state index in [-0.39, 0.29) is 11.7 Å². The molecule has 0 unspecified atom stereocenters. The molecule has 3 rings (SSSR count). The summed E-state index contributed by atoms with van der Waals surface area (Å²) in [5, 5.41) is 29.6. The largest absolute Gasteiger partial charge is 0.394 e. The second kappa shape index (κ2) is 6.33. The summed E-state index contributed by atoms with van der Waals surface area (Å²) in [5.74, 6) is 6.48. The second-order valence-corrected chi connectivity index (χ2v) is 5.89. The molecule has 0 radical (unpaired) electrons. The Labute approximate surface area is 138 Å². The SMILES string of the molecule is CC(C)C#Cc1nc2c(N)ncnc2n1[C@@H]1O[C@H](CO)[C@@H](O)[C@H]1O. The normalized spacial score (nSPS) is 26.8. The van der Waals surface area contributed by atoms with E-state index in [0.717, 1.165) is 0 Å². The highest BCUT2D eigenvalue weighted by atomic mass is 16.6. The maximum Gasteiger partial charge on any atom is 0.190 e. The van der Waals surface area contributed by atoms with Crippen LogP contribution < -0.4 is 5.73 Å². The van der Waals surface area contributed by atoms with E-state index in [9.17, 15) is 15.3 Å². The monoisotopic (exact) mass is 333 g/mol. The Balaban J connectivity index is 2.17. The van der Waals surface area contributed by atoms with Gasteiger partial charge in [0.2, 0.25) is 0 Å². The van der Waals surface area contributed by atoms with E-state index in [1.54, 1.807) is 0 Å². The number of imidazole rings is 1. The number of nitrogen functional groups attached to an aromatic ring is 1. The zero-order valence-electron chi connectivity index (χ0n) is 13.3. The Morgan fingerprint density at radius 3 is 2.71 bits per heavy atom. The summed E-state index contributed by atoms with van der Waals surface area (Å²) in [5.41, 5.74) is 6.52. The van der Waals surface area contributed by atoms with Crippen molar-refractivity contribution in [3.05, 3.63) is 12.2 Å². The van der Waals surface area contributed by atoms with Gasteiger partial charge in [-0.15, -0.1) is 0 Å². The molecule has 0 aliphatic carbocycles. The van der Waals surface area contributed by atoms with Crippen LogP contribution in [0.2, 0.25) is 0 Å². The molecule has 0 aromatic carbocycles. The molecule has 3 heterocycles. The zero-order chi connectivity index (χ0) is 17.4. The van der Waals surface area contributed by atoms with Crippen LogP contribution in [-0.4, -0.2) is 59.8 Å². The van der Waals surface area contributed by atoms with Gasteiger partial charge in [0.1, 0.15) is 24.6 Å². The standard InChI is InChI=1S/C15H19N5O4/c1-7(2)3-4-9-19-10-13(16)17-6-18-14(10)20(9)15-12(23)11(22)8(5-21)24-15/h6-8,11-12,15,21-23H,5H2,1-2H3,(H2,16,17,18)/t8-,11-,12-,15-/m1/s1. The van der Waals surface area contributed by atoms with Gasteiger partial charge in [-0.05, 0) is 5.92 Å². The fourth-order valence-corrected chi connectivity index (χ4v) is 2.56. The van der Waals surface area contributed by atoms with Crippen LogP contribution in [0.3, 0.4) is 0 Å². The molecule has 9 heteroatoms. The van der Waals surface area contributed by atoms with Crippen molar-refractivity contribution >= 4 is 17.0 Å². The summed E-state index contributed by atoms with van der Waals surface area (Å²) in [6, 6.07) is 0. The van der Waals surface area contributed by atoms with E-state index in [0.29, 0.717) is 17.0 Å². The first kappa shape index (κ1) is 16.6. The minimum atomic E-state index is -1.27. The highest BCUT2D eigenvalue weighted by molar-refractivity contribution is 5.82. The third-order valence-electron chi connectivity index (χ3n) is 3.75. The Morgan fingerprint density at radius 1 is 1.33 bits per heavy atom. The van der Waals surface area contributed by atoms with Crippen molar-refractivity contribution in [2.75, 3.05) is 12.3 Å². The first-order chi connectivity index (χ1) is 11.4. The topological polar surface area (TPSA) is 140 Å². The van der Waals surface area contributed by atoms with Gasteiger partial charge in [-0.25, -0.2) is 15.0 Å². The summed E-state index contributed by atoms with van der Waals surface area (Å²) < 4.78 is 7.06. The van der Waals surface area contributed by atoms with Gasteiger partial charge in [0, 0.05) is 5.92 Å². The quantitative estimate of drug-likeness (QED) is 0.515. The van der Waals surface area contributed by atoms with Crippen molar-refractivity contribution in [2.24, 2.45) is 5.92 Å². The van der Waals surface area contributed by atoms with Crippen LogP contribution >= 0.6 is 0 Å². The number of aromatic nitrogens is 4. The van der Waals surface area contributed by atoms with Gasteiger partial charge in [0.05, 0.1) is 6.61 Å². The molecule has 24 heavy (non-hydrogen) atoms. The lowest BCUT2D eigenvalue weighted by atomic mass is 10.1. The molecule has 1 saturated heterocycles. The van der Waals surface area contributed by atoms with Crippen LogP contribution in [0.4, 0.5) is 5.82 Å². The molecule has 1 aliphatic rings. The molecule has 0 saturated carbocycles. The lowest BCUT2D eigenvalue weighted by molar-refractivity contribution is -0.0514. The number of anilines is 1. The van der Waals surface area contributed by atoms with Gasteiger partial charge in [-0.2, -0.15) is 0 Å². The van der Waals surface area contributed by atoms with Gasteiger partial charge in [-0.1, -0.05) is 19.8 Å². The molecule has 5 N–H and O–H groups in total. The number of ether oxygens (including phenoxy) is 1. The summed E-state index contributed by atoms with van der Waals surface area (Å²) in [6.07, 6.45) is -3.13. The fourth-order valence-electron chi connectivity index (χ4n) is 2.56. The van der Waals surface area contributed by atoms with Crippen LogP contribution in [0.25, 0.3) is 11.2 Å². The molecule has 4 atom stereocenters. The molecule has 2 aromatic rings. The molecule has 0 spiro atoms. The Bertz CT molecular complexity index is 809. The number of nitrogens with zero attached hydrogens (tertiary/aromatic N) is 4. The number of hydrogen-bond acceptors (Lipinski definition) is 8. The molecular formula is C15H19N5O4. The number of rotatable bonds is 2. The number of aliphatic hydroxyl groups is 3. The predicted molar refractivity (Wildman–Crippen MR) is 84.5 cm³/mol. The van der Waals surface area contributed by atoms with Crippen molar-refractivity contribution in [1.82, 2.24) is 19.5 Å². The molecule has 128 valence electrons. The van der Waals surface area contributed by atoms with Crippen LogP contribution in [0.5, 0.6) is 0 Å². The second-order valence-electron chi connectivity index (χ2n) is 5.89. The average molecular weight is 333 g/mol. The predicted octanol–water partition coefficient (Wildman–Crippen LogP) is -0.972. The average Bonchev–Trinajstić information content (AvgIpc) is 3.05. The highest BCUT2D eigenvalue weighted by Crippen LogP contribution is 2.33. The first-order valence-electron chi connectivity index (χ1n) is 7.56. The fraction of sp³-hybridized carbons (Fsp3) is 0.533. The summed E-state index contributed by atoms with van der Waals surface area (Å²) in [7, 11) is 0. The maximum absolute atomic E-state index is 10.3. The van der Waals surface area contributed by atoms with Crippen molar-refractivity contribution < 1.29 is 20.1 Å². The third-order valence-corrected chi connectivity index (χ3v) is 3.75. The Kier molecular flexibility index (Phi) is 4.38. The summed E-state index contributed by atoms with van der Waals surface area (Å²) in [6.45, 7) is 3.44. The molecule has 1 aliphatic heterocycles. The van der Waals surface area contributed by atoms with E-state index in [1.165, 1.54) is 10.9 Å². The summed E-state index contributed by atoms with van der Waals surface area (Å²) >= 11 is 0. The Morgan fingerprint density at radius 2 is 2.08 bits per heavy atom. The molecule has 0 amide bonds. The number of aliphatic hydroxyl groups excluding tert-OH is 3. The number of fused-ring (bicyclic) bond motifs is 1. The lowest BCUT2D eigenvalue weighted by Crippen LogP contribution is -2.33. The smallest absolute Gasteiger partial charge is 0.190 e. The van der Waals surface area contributed by atoms with Crippen LogP contribution in [0, 0.1) is 17.8 Å². The number of nitrogens with two attached hydrogens (primary N) is 1. The maximum atomic E-state index is 10.3. The van der Waals surface area contributed by atoms with Crippen molar-refractivity contribution in [3.63, 3.8) is 0 Å². The van der Waals surface area contributed by atoms with E-state index in [2.05, 4.69) is 26.8 Å². The molecule has 2 aromatic heterocycles. The highest BCUT2D eigenvalue weighted by Gasteiger charge is 2.44. The van der Waals surface area contributed by atoms with Crippen LogP contribution in [-0.2, 0) is 4.74 Å². The Hall–Kier alpha value is -2.25. The molecule has 0 bridgehead atoms. The first-order valence-corrected chi connectivity index (χ1v) is 7.56. The van der Waals surface area contributed by atoms with Crippen LogP contribution in [0.1, 0.15) is 25.9 Å². The van der Waals surface area contributed by atoms with Crippen molar-refractivity contribution in [1.29, 1.82) is 0 Å². The van der Waals surface area contributed by atoms with Crippen molar-refractivity contribution in [2.45, 2.75) is 38.4 Å². The zero-order valence-corrected chi connectivity index (χ0v) is 13.3. The van der Waals surface area contributed by atoms with E-state index < -0.39 is 31.1 Å². The molecule has 9 nitrogen and oxygen atoms in total. The molecule has 1 fully saturated rings. The van der Waals surface area contributed by atoms with Crippen LogP contribution in [0.15, 0.2) is 6.33 Å².